The number of benzene rings is 1. The van der Waals surface area contributed by atoms with Gasteiger partial charge in [-0.15, -0.1) is 5.10 Å². The third kappa shape index (κ3) is 1.93. The molecule has 0 aliphatic carbocycles. The van der Waals surface area contributed by atoms with Crippen LogP contribution in [-0.4, -0.2) is 25.8 Å². The fraction of sp³-hybridized carbons (Fsp3) is 0.182. The minimum absolute atomic E-state index is 0.0261. The Labute approximate surface area is 92.4 Å². The summed E-state index contributed by atoms with van der Waals surface area (Å²) < 4.78 is 1.54. The molecule has 16 heavy (non-hydrogen) atoms. The molecule has 1 aromatic carbocycles. The molecule has 0 saturated heterocycles. The average Bonchev–Trinajstić information content (AvgIpc) is 2.78. The Morgan fingerprint density at radius 1 is 1.38 bits per heavy atom. The average molecular weight is 217 g/mol. The fourth-order valence-corrected chi connectivity index (χ4v) is 1.44. The summed E-state index contributed by atoms with van der Waals surface area (Å²) in [6.45, 7) is 1.94. The maximum Gasteiger partial charge on any atom is 0.375 e. The fourth-order valence-electron chi connectivity index (χ4n) is 1.44. The van der Waals surface area contributed by atoms with Crippen LogP contribution in [0.5, 0.6) is 0 Å². The molecule has 0 amide bonds. The Bertz CT molecular complexity index is 493. The molecule has 1 N–H and O–H groups in total. The van der Waals surface area contributed by atoms with Crippen LogP contribution < -0.4 is 0 Å². The predicted molar refractivity (Wildman–Crippen MR) is 57.2 cm³/mol. The smallest absolute Gasteiger partial charge is 0.375 e. The van der Waals surface area contributed by atoms with Gasteiger partial charge in [-0.25, -0.2) is 14.5 Å². The van der Waals surface area contributed by atoms with Gasteiger partial charge in [-0.05, 0) is 12.5 Å². The molecule has 5 nitrogen and oxygen atoms in total. The third-order valence-corrected chi connectivity index (χ3v) is 2.38. The molecule has 0 radical (unpaired) electrons. The molecule has 1 heterocycles. The van der Waals surface area contributed by atoms with Crippen molar-refractivity contribution in [1.82, 2.24) is 14.8 Å². The lowest BCUT2D eigenvalue weighted by Crippen LogP contribution is -2.09. The van der Waals surface area contributed by atoms with Gasteiger partial charge < -0.3 is 5.11 Å². The van der Waals surface area contributed by atoms with Crippen LogP contribution in [0.2, 0.25) is 0 Å². The van der Waals surface area contributed by atoms with Crippen LogP contribution in [0.3, 0.4) is 0 Å². The van der Waals surface area contributed by atoms with E-state index < -0.39 is 5.97 Å². The van der Waals surface area contributed by atoms with Crippen molar-refractivity contribution in [2.75, 3.05) is 0 Å². The number of carbonyl (C=O) groups is 1. The van der Waals surface area contributed by atoms with Gasteiger partial charge in [0.25, 0.3) is 5.82 Å². The second kappa shape index (κ2) is 4.14. The van der Waals surface area contributed by atoms with Crippen molar-refractivity contribution in [2.45, 2.75) is 13.0 Å². The molecular weight excluding hydrogens is 206 g/mol. The van der Waals surface area contributed by atoms with E-state index in [1.165, 1.54) is 6.33 Å². The van der Waals surface area contributed by atoms with Crippen molar-refractivity contribution < 1.29 is 9.90 Å². The van der Waals surface area contributed by atoms with Gasteiger partial charge in [0.1, 0.15) is 6.33 Å². The van der Waals surface area contributed by atoms with Crippen molar-refractivity contribution >= 4 is 5.97 Å². The third-order valence-electron chi connectivity index (χ3n) is 2.38. The number of carboxylic acids is 1. The van der Waals surface area contributed by atoms with Gasteiger partial charge in [0, 0.05) is 0 Å². The first-order valence-electron chi connectivity index (χ1n) is 4.88. The molecule has 0 aliphatic rings. The van der Waals surface area contributed by atoms with Crippen LogP contribution in [0.15, 0.2) is 36.7 Å². The molecule has 0 saturated carbocycles. The standard InChI is InChI=1S/C11H11N3O2/c1-8(9-5-3-2-4-6-9)14-7-12-10(13-14)11(15)16/h2-8H,1H3,(H,15,16)/t8-/m1/s1. The van der Waals surface area contributed by atoms with Crippen LogP contribution in [0.25, 0.3) is 0 Å². The van der Waals surface area contributed by atoms with Crippen molar-refractivity contribution in [3.8, 4) is 0 Å². The summed E-state index contributed by atoms with van der Waals surface area (Å²) in [6.07, 6.45) is 1.43. The van der Waals surface area contributed by atoms with Crippen molar-refractivity contribution in [3.05, 3.63) is 48.0 Å². The van der Waals surface area contributed by atoms with Gasteiger partial charge in [-0.1, -0.05) is 30.3 Å². The number of rotatable bonds is 3. The summed E-state index contributed by atoms with van der Waals surface area (Å²) in [5.74, 6) is -1.29. The second-order valence-corrected chi connectivity index (χ2v) is 3.44. The number of carboxylic acid groups (broad SMARTS) is 1. The van der Waals surface area contributed by atoms with E-state index in [9.17, 15) is 4.79 Å². The maximum atomic E-state index is 10.6. The Morgan fingerprint density at radius 3 is 2.62 bits per heavy atom. The van der Waals surface area contributed by atoms with Gasteiger partial charge in [0.15, 0.2) is 0 Å². The Kier molecular flexibility index (Phi) is 2.68. The first kappa shape index (κ1) is 10.4. The summed E-state index contributed by atoms with van der Waals surface area (Å²) >= 11 is 0. The first-order chi connectivity index (χ1) is 7.68. The summed E-state index contributed by atoms with van der Waals surface area (Å²) in [4.78, 5) is 14.3. The van der Waals surface area contributed by atoms with Gasteiger partial charge in [0.05, 0.1) is 6.04 Å². The van der Waals surface area contributed by atoms with E-state index in [0.717, 1.165) is 5.56 Å². The molecular formula is C11H11N3O2. The van der Waals surface area contributed by atoms with E-state index in [1.807, 2.05) is 37.3 Å². The number of hydrogen-bond donors (Lipinski definition) is 1. The molecule has 1 aromatic heterocycles. The monoisotopic (exact) mass is 217 g/mol. The molecule has 0 bridgehead atoms. The first-order valence-corrected chi connectivity index (χ1v) is 4.88. The Morgan fingerprint density at radius 2 is 2.06 bits per heavy atom. The van der Waals surface area contributed by atoms with E-state index in [2.05, 4.69) is 10.1 Å². The Hall–Kier alpha value is -2.17. The number of hydrogen-bond acceptors (Lipinski definition) is 3. The van der Waals surface area contributed by atoms with E-state index >= 15 is 0 Å². The number of nitrogens with zero attached hydrogens (tertiary/aromatic N) is 3. The lowest BCUT2D eigenvalue weighted by atomic mass is 10.1. The van der Waals surface area contributed by atoms with Crippen molar-refractivity contribution in [1.29, 1.82) is 0 Å². The van der Waals surface area contributed by atoms with Gasteiger partial charge >= 0.3 is 5.97 Å². The van der Waals surface area contributed by atoms with Crippen LogP contribution >= 0.6 is 0 Å². The van der Waals surface area contributed by atoms with Crippen LogP contribution in [0, 0.1) is 0 Å². The van der Waals surface area contributed by atoms with Crippen molar-refractivity contribution in [2.24, 2.45) is 0 Å². The zero-order chi connectivity index (χ0) is 11.5. The highest BCUT2D eigenvalue weighted by Crippen LogP contribution is 2.15. The van der Waals surface area contributed by atoms with E-state index in [-0.39, 0.29) is 11.9 Å². The number of aromatic carboxylic acids is 1. The molecule has 1 atom stereocenters. The van der Waals surface area contributed by atoms with Crippen LogP contribution in [-0.2, 0) is 0 Å². The highest BCUT2D eigenvalue weighted by Gasteiger charge is 2.13. The quantitative estimate of drug-likeness (QED) is 0.847. The van der Waals surface area contributed by atoms with Gasteiger partial charge in [-0.2, -0.15) is 0 Å². The summed E-state index contributed by atoms with van der Waals surface area (Å²) in [6, 6.07) is 9.70. The highest BCUT2D eigenvalue weighted by molar-refractivity contribution is 5.82. The Balaban J connectivity index is 2.27. The lowest BCUT2D eigenvalue weighted by molar-refractivity contribution is 0.0683. The topological polar surface area (TPSA) is 68.0 Å². The van der Waals surface area contributed by atoms with Crippen LogP contribution in [0.1, 0.15) is 29.1 Å². The predicted octanol–water partition coefficient (Wildman–Crippen LogP) is 1.59. The van der Waals surface area contributed by atoms with Crippen molar-refractivity contribution in [3.63, 3.8) is 0 Å². The van der Waals surface area contributed by atoms with E-state index in [1.54, 1.807) is 4.68 Å². The minimum Gasteiger partial charge on any atom is -0.475 e. The molecule has 82 valence electrons. The second-order valence-electron chi connectivity index (χ2n) is 3.44. The maximum absolute atomic E-state index is 10.6. The van der Waals surface area contributed by atoms with E-state index in [0.29, 0.717) is 0 Å². The molecule has 5 heteroatoms. The molecule has 2 aromatic rings. The molecule has 2 rings (SSSR count). The summed E-state index contributed by atoms with van der Waals surface area (Å²) in [5, 5.41) is 12.6. The van der Waals surface area contributed by atoms with Gasteiger partial charge in [-0.3, -0.25) is 0 Å². The minimum atomic E-state index is -1.11. The highest BCUT2D eigenvalue weighted by atomic mass is 16.4. The molecule has 0 spiro atoms. The number of aromatic nitrogens is 3. The molecule has 0 unspecified atom stereocenters. The van der Waals surface area contributed by atoms with E-state index in [4.69, 9.17) is 5.11 Å². The molecule has 0 fully saturated rings. The SMILES string of the molecule is C[C@H](c1ccccc1)n1cnc(C(=O)O)n1. The zero-order valence-corrected chi connectivity index (χ0v) is 8.74. The normalized spacial score (nSPS) is 12.3. The van der Waals surface area contributed by atoms with Crippen LogP contribution in [0.4, 0.5) is 0 Å². The largest absolute Gasteiger partial charge is 0.475 e. The van der Waals surface area contributed by atoms with Gasteiger partial charge in [0.2, 0.25) is 0 Å². The summed E-state index contributed by atoms with van der Waals surface area (Å²) in [5.41, 5.74) is 1.06. The zero-order valence-electron chi connectivity index (χ0n) is 8.74. The molecule has 0 aliphatic heterocycles. The summed E-state index contributed by atoms with van der Waals surface area (Å²) in [7, 11) is 0. The lowest BCUT2D eigenvalue weighted by Gasteiger charge is -2.10.